The Morgan fingerprint density at radius 1 is 0.571 bits per heavy atom. The van der Waals surface area contributed by atoms with Crippen molar-refractivity contribution in [1.29, 1.82) is 0 Å². The van der Waals surface area contributed by atoms with Gasteiger partial charge in [-0.15, -0.1) is 0 Å². The molecule has 35 heavy (non-hydrogen) atoms. The number of esters is 1. The Hall–Kier alpha value is -4.64. The molecule has 2 heterocycles. The highest BCUT2D eigenvalue weighted by Crippen LogP contribution is 2.39. The molecular weight excluding hydrogens is 440 g/mol. The van der Waals surface area contributed by atoms with Crippen molar-refractivity contribution in [2.45, 2.75) is 6.92 Å². The van der Waals surface area contributed by atoms with Crippen LogP contribution in [0.15, 0.2) is 81.6 Å². The molecule has 0 bridgehead atoms. The number of ketones is 1. The monoisotopic (exact) mass is 458 g/mol. The number of Topliss-reactive ketones (excluding diaryl/α,β-unsaturated/α-hetero) is 1. The summed E-state index contributed by atoms with van der Waals surface area (Å²) in [6.45, 7) is 1.57. The molecule has 7 aromatic rings. The van der Waals surface area contributed by atoms with E-state index in [9.17, 15) is 9.59 Å². The number of benzene rings is 5. The number of methoxy groups -OCH3 is 1. The van der Waals surface area contributed by atoms with Gasteiger partial charge in [-0.05, 0) is 83.1 Å². The third kappa shape index (κ3) is 2.88. The zero-order valence-corrected chi connectivity index (χ0v) is 19.0. The lowest BCUT2D eigenvalue weighted by Gasteiger charge is -2.02. The summed E-state index contributed by atoms with van der Waals surface area (Å²) < 4.78 is 17.4. The Labute approximate surface area is 198 Å². The minimum Gasteiger partial charge on any atom is -0.465 e. The number of hydrogen-bond acceptors (Lipinski definition) is 5. The van der Waals surface area contributed by atoms with E-state index in [1.807, 2.05) is 60.7 Å². The van der Waals surface area contributed by atoms with Crippen LogP contribution in [0, 0.1) is 0 Å². The molecule has 0 saturated heterocycles. The highest BCUT2D eigenvalue weighted by Gasteiger charge is 2.16. The second-order valence-electron chi connectivity index (χ2n) is 8.92. The molecule has 0 unspecified atom stereocenters. The van der Waals surface area contributed by atoms with Crippen molar-refractivity contribution in [2.24, 2.45) is 0 Å². The van der Waals surface area contributed by atoms with Gasteiger partial charge in [0.15, 0.2) is 5.78 Å². The van der Waals surface area contributed by atoms with Gasteiger partial charge in [0.05, 0.1) is 12.7 Å². The summed E-state index contributed by atoms with van der Waals surface area (Å²) in [4.78, 5) is 23.8. The maximum absolute atomic E-state index is 12.0. The summed E-state index contributed by atoms with van der Waals surface area (Å²) in [5, 5.41) is 7.75. The maximum Gasteiger partial charge on any atom is 0.337 e. The van der Waals surface area contributed by atoms with Gasteiger partial charge in [0.1, 0.15) is 22.3 Å². The normalized spacial score (nSPS) is 11.9. The van der Waals surface area contributed by atoms with E-state index >= 15 is 0 Å². The van der Waals surface area contributed by atoms with E-state index in [1.165, 1.54) is 7.11 Å². The fraction of sp³-hybridized carbons (Fsp3) is 0.0667. The van der Waals surface area contributed by atoms with Crippen LogP contribution in [0.25, 0.3) is 65.4 Å². The van der Waals surface area contributed by atoms with Gasteiger partial charge in [-0.2, -0.15) is 0 Å². The third-order valence-corrected chi connectivity index (χ3v) is 6.81. The van der Waals surface area contributed by atoms with Gasteiger partial charge in [-0.1, -0.05) is 18.2 Å². The summed E-state index contributed by atoms with van der Waals surface area (Å²) in [5.74, 6) is -0.324. The minimum absolute atomic E-state index is 0.0409. The van der Waals surface area contributed by atoms with Crippen molar-refractivity contribution in [3.63, 3.8) is 0 Å². The summed E-state index contributed by atoms with van der Waals surface area (Å²) in [6, 6.07) is 23.3. The topological polar surface area (TPSA) is 69.7 Å². The molecular formula is C30H18O5. The van der Waals surface area contributed by atoms with Crippen molar-refractivity contribution in [2.75, 3.05) is 7.11 Å². The Kier molecular flexibility index (Phi) is 3.92. The first-order valence-electron chi connectivity index (χ1n) is 11.3. The molecule has 0 atom stereocenters. The Morgan fingerprint density at radius 2 is 1.03 bits per heavy atom. The fourth-order valence-corrected chi connectivity index (χ4v) is 4.99. The summed E-state index contributed by atoms with van der Waals surface area (Å²) in [5.41, 5.74) is 4.27. The van der Waals surface area contributed by atoms with Gasteiger partial charge in [0, 0.05) is 27.1 Å². The van der Waals surface area contributed by atoms with Crippen molar-refractivity contribution in [3.8, 4) is 0 Å². The molecule has 5 nitrogen and oxygen atoms in total. The van der Waals surface area contributed by atoms with Crippen LogP contribution in [0.1, 0.15) is 27.6 Å². The van der Waals surface area contributed by atoms with Gasteiger partial charge in [-0.25, -0.2) is 4.79 Å². The van der Waals surface area contributed by atoms with Crippen molar-refractivity contribution in [1.82, 2.24) is 0 Å². The van der Waals surface area contributed by atoms with E-state index in [0.717, 1.165) is 65.4 Å². The van der Waals surface area contributed by atoms with Crippen LogP contribution in [-0.2, 0) is 4.74 Å². The van der Waals surface area contributed by atoms with Gasteiger partial charge in [0.2, 0.25) is 0 Å². The molecule has 0 saturated carbocycles. The highest BCUT2D eigenvalue weighted by atomic mass is 16.5. The zero-order valence-electron chi connectivity index (χ0n) is 19.0. The van der Waals surface area contributed by atoms with Gasteiger partial charge in [0.25, 0.3) is 0 Å². The van der Waals surface area contributed by atoms with E-state index in [-0.39, 0.29) is 11.8 Å². The van der Waals surface area contributed by atoms with E-state index < -0.39 is 0 Å². The predicted octanol–water partition coefficient (Wildman–Crippen LogP) is 7.78. The largest absolute Gasteiger partial charge is 0.465 e. The smallest absolute Gasteiger partial charge is 0.337 e. The third-order valence-electron chi connectivity index (χ3n) is 6.81. The average molecular weight is 458 g/mol. The summed E-state index contributed by atoms with van der Waals surface area (Å²) in [6.07, 6.45) is 0. The Balaban J connectivity index is 1.49. The Bertz CT molecular complexity index is 2040. The standard InChI is InChI=1S/C30H18O5/c1-15(31)16-3-4-17-11-26-22(9-20(17)7-16)24-13-29-25(14-28(24)34-26)23-10-21-8-19(30(32)33-2)6-5-18(21)12-27(23)35-29/h3-14H,1-2H3. The van der Waals surface area contributed by atoms with Crippen LogP contribution in [0.3, 0.4) is 0 Å². The molecule has 0 amide bonds. The highest BCUT2D eigenvalue weighted by molar-refractivity contribution is 6.18. The summed E-state index contributed by atoms with van der Waals surface area (Å²) in [7, 11) is 1.38. The van der Waals surface area contributed by atoms with Crippen molar-refractivity contribution in [3.05, 3.63) is 83.9 Å². The van der Waals surface area contributed by atoms with Gasteiger partial charge >= 0.3 is 5.97 Å². The van der Waals surface area contributed by atoms with Gasteiger partial charge < -0.3 is 13.6 Å². The molecule has 0 aliphatic carbocycles. The van der Waals surface area contributed by atoms with Crippen LogP contribution < -0.4 is 0 Å². The van der Waals surface area contributed by atoms with E-state index in [2.05, 4.69) is 6.07 Å². The SMILES string of the molecule is COC(=O)c1ccc2cc3oc4cc5c(cc4c3cc2c1)oc1cc2ccc(C(C)=O)cc2cc15. The number of carbonyl (C=O) groups is 2. The van der Waals surface area contributed by atoms with Crippen LogP contribution >= 0.6 is 0 Å². The Morgan fingerprint density at radius 3 is 1.54 bits per heavy atom. The number of carbonyl (C=O) groups excluding carboxylic acids is 2. The molecule has 7 rings (SSSR count). The molecule has 0 spiro atoms. The number of rotatable bonds is 2. The molecule has 5 heteroatoms. The quantitative estimate of drug-likeness (QED) is 0.195. The summed E-state index contributed by atoms with van der Waals surface area (Å²) >= 11 is 0. The lowest BCUT2D eigenvalue weighted by molar-refractivity contribution is 0.0600. The van der Waals surface area contributed by atoms with Crippen LogP contribution in [0.5, 0.6) is 0 Å². The average Bonchev–Trinajstić information content (AvgIpc) is 3.39. The zero-order chi connectivity index (χ0) is 23.8. The maximum atomic E-state index is 12.0. The number of fused-ring (bicyclic) bond motifs is 8. The molecule has 0 radical (unpaired) electrons. The molecule has 0 aliphatic rings. The van der Waals surface area contributed by atoms with Crippen LogP contribution in [0.4, 0.5) is 0 Å². The first-order valence-corrected chi connectivity index (χ1v) is 11.3. The first kappa shape index (κ1) is 19.8. The first-order chi connectivity index (χ1) is 17.0. The number of ether oxygens (including phenoxy) is 1. The number of hydrogen-bond donors (Lipinski definition) is 0. The molecule has 0 fully saturated rings. The minimum atomic E-state index is -0.365. The van der Waals surface area contributed by atoms with Crippen molar-refractivity contribution >= 4 is 77.2 Å². The lowest BCUT2D eigenvalue weighted by atomic mass is 10.0. The number of furan rings is 2. The molecule has 2 aromatic heterocycles. The van der Waals surface area contributed by atoms with E-state index in [0.29, 0.717) is 11.1 Å². The van der Waals surface area contributed by atoms with Gasteiger partial charge in [-0.3, -0.25) is 4.79 Å². The van der Waals surface area contributed by atoms with E-state index in [4.69, 9.17) is 13.6 Å². The molecule has 5 aromatic carbocycles. The second kappa shape index (κ2) is 6.93. The van der Waals surface area contributed by atoms with E-state index in [1.54, 1.807) is 13.0 Å². The fourth-order valence-electron chi connectivity index (χ4n) is 4.99. The lowest BCUT2D eigenvalue weighted by Crippen LogP contribution is -2.00. The predicted molar refractivity (Wildman–Crippen MR) is 137 cm³/mol. The van der Waals surface area contributed by atoms with Crippen LogP contribution in [-0.4, -0.2) is 18.9 Å². The second-order valence-corrected chi connectivity index (χ2v) is 8.92. The van der Waals surface area contributed by atoms with Crippen molar-refractivity contribution < 1.29 is 23.2 Å². The molecule has 0 N–H and O–H groups in total. The van der Waals surface area contributed by atoms with Crippen LogP contribution in [0.2, 0.25) is 0 Å². The molecule has 168 valence electrons. The molecule has 0 aliphatic heterocycles.